The Hall–Kier alpha value is -0.900. The first-order valence-electron chi connectivity index (χ1n) is 11.2. The van der Waals surface area contributed by atoms with E-state index in [4.69, 9.17) is 4.74 Å². The molecule has 2 heterocycles. The molecule has 1 saturated carbocycles. The van der Waals surface area contributed by atoms with E-state index in [-0.39, 0.29) is 0 Å². The van der Waals surface area contributed by atoms with E-state index in [1.54, 1.807) is 0 Å². The lowest BCUT2D eigenvalue weighted by molar-refractivity contribution is -0.0633. The Balaban J connectivity index is 1.23. The topological polar surface area (TPSA) is 15.7 Å². The second-order valence-corrected chi connectivity index (χ2v) is 9.70. The summed E-state index contributed by atoms with van der Waals surface area (Å²) in [5.74, 6) is 2.52. The first-order valence-corrected chi connectivity index (χ1v) is 11.2. The maximum atomic E-state index is 5.51. The van der Waals surface area contributed by atoms with Gasteiger partial charge in [0.25, 0.3) is 0 Å². The van der Waals surface area contributed by atoms with Crippen LogP contribution < -0.4 is 0 Å². The Bertz CT molecular complexity index is 581. The third-order valence-electron chi connectivity index (χ3n) is 7.83. The van der Waals surface area contributed by atoms with Crippen LogP contribution in [0.3, 0.4) is 0 Å². The SMILES string of the molecule is CC1(C)[C@@H](CCN2CCCC(c3ccccc3)C2)C[C@H]1CN1CCOCC1. The highest BCUT2D eigenvalue weighted by Crippen LogP contribution is 2.53. The van der Waals surface area contributed by atoms with Crippen LogP contribution in [0, 0.1) is 17.3 Å². The van der Waals surface area contributed by atoms with Gasteiger partial charge in [-0.1, -0.05) is 44.2 Å². The molecular formula is C24H38N2O. The predicted molar refractivity (Wildman–Crippen MR) is 112 cm³/mol. The van der Waals surface area contributed by atoms with E-state index in [0.717, 1.165) is 44.1 Å². The second kappa shape index (κ2) is 8.63. The monoisotopic (exact) mass is 370 g/mol. The fourth-order valence-corrected chi connectivity index (χ4v) is 5.61. The summed E-state index contributed by atoms with van der Waals surface area (Å²) in [7, 11) is 0. The van der Waals surface area contributed by atoms with Gasteiger partial charge >= 0.3 is 0 Å². The molecule has 3 atom stereocenters. The van der Waals surface area contributed by atoms with Gasteiger partial charge in [-0.25, -0.2) is 0 Å². The van der Waals surface area contributed by atoms with Gasteiger partial charge in [0, 0.05) is 26.2 Å². The molecule has 27 heavy (non-hydrogen) atoms. The summed E-state index contributed by atoms with van der Waals surface area (Å²) in [4.78, 5) is 5.37. The van der Waals surface area contributed by atoms with Gasteiger partial charge in [-0.05, 0) is 67.5 Å². The average Bonchev–Trinajstić information content (AvgIpc) is 2.72. The highest BCUT2D eigenvalue weighted by molar-refractivity contribution is 5.20. The number of rotatable bonds is 6. The van der Waals surface area contributed by atoms with Crippen LogP contribution in [0.1, 0.15) is 51.0 Å². The Morgan fingerprint density at radius 2 is 1.78 bits per heavy atom. The van der Waals surface area contributed by atoms with E-state index >= 15 is 0 Å². The molecule has 2 aliphatic heterocycles. The fourth-order valence-electron chi connectivity index (χ4n) is 5.61. The first-order chi connectivity index (χ1) is 13.1. The Morgan fingerprint density at radius 1 is 1.00 bits per heavy atom. The lowest BCUT2D eigenvalue weighted by atomic mass is 9.53. The molecule has 0 spiro atoms. The van der Waals surface area contributed by atoms with Crippen LogP contribution in [-0.4, -0.2) is 62.3 Å². The maximum Gasteiger partial charge on any atom is 0.0594 e. The van der Waals surface area contributed by atoms with Crippen LogP contribution in [0.15, 0.2) is 30.3 Å². The van der Waals surface area contributed by atoms with Crippen LogP contribution in [0.25, 0.3) is 0 Å². The Morgan fingerprint density at radius 3 is 2.52 bits per heavy atom. The average molecular weight is 371 g/mol. The highest BCUT2D eigenvalue weighted by atomic mass is 16.5. The first kappa shape index (κ1) is 19.4. The standard InChI is InChI=1S/C24H38N2O/c1-24(2)22(17-23(24)19-26-13-15-27-16-14-26)10-12-25-11-6-9-21(18-25)20-7-4-3-5-8-20/h3-5,7-8,21-23H,6,9-19H2,1-2H3/t21?,22-,23-/m0/s1. The number of likely N-dealkylation sites (tertiary alicyclic amines) is 1. The number of hydrogen-bond acceptors (Lipinski definition) is 3. The molecule has 1 aromatic rings. The van der Waals surface area contributed by atoms with E-state index in [1.807, 2.05) is 0 Å². The molecule has 3 nitrogen and oxygen atoms in total. The summed E-state index contributed by atoms with van der Waals surface area (Å²) in [5.41, 5.74) is 2.05. The molecule has 3 heteroatoms. The normalized spacial score (nSPS) is 32.1. The van der Waals surface area contributed by atoms with Crippen LogP contribution >= 0.6 is 0 Å². The second-order valence-electron chi connectivity index (χ2n) is 9.70. The van der Waals surface area contributed by atoms with Gasteiger partial charge in [-0.3, -0.25) is 4.90 Å². The van der Waals surface area contributed by atoms with E-state index in [1.165, 1.54) is 57.4 Å². The van der Waals surface area contributed by atoms with Crippen molar-refractivity contribution in [1.82, 2.24) is 9.80 Å². The van der Waals surface area contributed by atoms with Crippen molar-refractivity contribution in [2.45, 2.75) is 45.4 Å². The number of morpholine rings is 1. The minimum Gasteiger partial charge on any atom is -0.379 e. The summed E-state index contributed by atoms with van der Waals surface area (Å²) >= 11 is 0. The maximum absolute atomic E-state index is 5.51. The lowest BCUT2D eigenvalue weighted by Crippen LogP contribution is -2.52. The molecule has 1 unspecified atom stereocenters. The highest BCUT2D eigenvalue weighted by Gasteiger charge is 2.47. The van der Waals surface area contributed by atoms with Gasteiger partial charge in [0.05, 0.1) is 13.2 Å². The van der Waals surface area contributed by atoms with Gasteiger partial charge in [-0.2, -0.15) is 0 Å². The number of ether oxygens (including phenoxy) is 1. The molecule has 0 aromatic heterocycles. The van der Waals surface area contributed by atoms with Crippen LogP contribution in [0.2, 0.25) is 0 Å². The molecule has 4 rings (SSSR count). The van der Waals surface area contributed by atoms with Crippen molar-refractivity contribution in [1.29, 1.82) is 0 Å². The third-order valence-corrected chi connectivity index (χ3v) is 7.83. The van der Waals surface area contributed by atoms with Crippen molar-refractivity contribution in [3.63, 3.8) is 0 Å². The van der Waals surface area contributed by atoms with E-state index in [2.05, 4.69) is 54.0 Å². The molecule has 1 aliphatic carbocycles. The quantitative estimate of drug-likeness (QED) is 0.744. The van der Waals surface area contributed by atoms with Crippen LogP contribution in [0.5, 0.6) is 0 Å². The van der Waals surface area contributed by atoms with Crippen LogP contribution in [0.4, 0.5) is 0 Å². The molecule has 0 bridgehead atoms. The van der Waals surface area contributed by atoms with Crippen molar-refractivity contribution < 1.29 is 4.74 Å². The Labute approximate surface area is 166 Å². The van der Waals surface area contributed by atoms with Gasteiger partial charge in [0.15, 0.2) is 0 Å². The molecule has 0 radical (unpaired) electrons. The Kier molecular flexibility index (Phi) is 6.21. The van der Waals surface area contributed by atoms with Gasteiger partial charge in [-0.15, -0.1) is 0 Å². The largest absolute Gasteiger partial charge is 0.379 e. The van der Waals surface area contributed by atoms with Gasteiger partial charge < -0.3 is 9.64 Å². The molecule has 1 aromatic carbocycles. The van der Waals surface area contributed by atoms with Crippen molar-refractivity contribution in [3.8, 4) is 0 Å². The van der Waals surface area contributed by atoms with Crippen molar-refractivity contribution >= 4 is 0 Å². The molecule has 3 fully saturated rings. The van der Waals surface area contributed by atoms with E-state index in [9.17, 15) is 0 Å². The minimum absolute atomic E-state index is 0.507. The number of piperidine rings is 1. The molecular weight excluding hydrogens is 332 g/mol. The van der Waals surface area contributed by atoms with Crippen molar-refractivity contribution in [3.05, 3.63) is 35.9 Å². The van der Waals surface area contributed by atoms with Crippen molar-refractivity contribution in [2.24, 2.45) is 17.3 Å². The van der Waals surface area contributed by atoms with E-state index < -0.39 is 0 Å². The molecule has 0 amide bonds. The van der Waals surface area contributed by atoms with Gasteiger partial charge in [0.2, 0.25) is 0 Å². The lowest BCUT2D eigenvalue weighted by Gasteiger charge is -2.54. The molecule has 0 N–H and O–H groups in total. The third kappa shape index (κ3) is 4.58. The summed E-state index contributed by atoms with van der Waals surface area (Å²) in [5, 5.41) is 0. The zero-order chi connectivity index (χ0) is 18.7. The minimum atomic E-state index is 0.507. The summed E-state index contributed by atoms with van der Waals surface area (Å²) in [6.45, 7) is 14.3. The van der Waals surface area contributed by atoms with Crippen molar-refractivity contribution in [2.75, 3.05) is 52.5 Å². The van der Waals surface area contributed by atoms with Gasteiger partial charge in [0.1, 0.15) is 0 Å². The zero-order valence-electron chi connectivity index (χ0n) is 17.4. The summed E-state index contributed by atoms with van der Waals surface area (Å²) in [6, 6.07) is 11.2. The number of nitrogens with zero attached hydrogens (tertiary/aromatic N) is 2. The van der Waals surface area contributed by atoms with E-state index in [0.29, 0.717) is 5.41 Å². The zero-order valence-corrected chi connectivity index (χ0v) is 17.4. The predicted octanol–water partition coefficient (Wildman–Crippen LogP) is 4.25. The number of hydrogen-bond donors (Lipinski definition) is 0. The van der Waals surface area contributed by atoms with Crippen LogP contribution in [-0.2, 0) is 4.74 Å². The molecule has 3 aliphatic rings. The summed E-state index contributed by atoms with van der Waals surface area (Å²) in [6.07, 6.45) is 5.53. The fraction of sp³-hybridized carbons (Fsp3) is 0.750. The summed E-state index contributed by atoms with van der Waals surface area (Å²) < 4.78 is 5.51. The molecule has 2 saturated heterocycles. The number of benzene rings is 1. The molecule has 150 valence electrons. The smallest absolute Gasteiger partial charge is 0.0594 e.